The number of nitrogens with one attached hydrogen (secondary N) is 1. The van der Waals surface area contributed by atoms with E-state index in [1.807, 2.05) is 0 Å². The van der Waals surface area contributed by atoms with Crippen LogP contribution >= 0.6 is 0 Å². The van der Waals surface area contributed by atoms with E-state index in [4.69, 9.17) is 5.73 Å². The van der Waals surface area contributed by atoms with Gasteiger partial charge in [-0.3, -0.25) is 4.79 Å². The fourth-order valence-electron chi connectivity index (χ4n) is 0.523. The second-order valence-electron chi connectivity index (χ2n) is 2.01. The molecule has 0 unspecified atom stereocenters. The number of amides is 1. The smallest absolute Gasteiger partial charge is 0.550 e. The first-order chi connectivity index (χ1) is 5.16. The van der Waals surface area contributed by atoms with E-state index in [1.165, 1.54) is 0 Å². The summed E-state index contributed by atoms with van der Waals surface area (Å²) in [5.74, 6) is -1.40. The van der Waals surface area contributed by atoms with Crippen LogP contribution in [0.1, 0.15) is 12.8 Å². The summed E-state index contributed by atoms with van der Waals surface area (Å²) in [6.07, 6.45) is 0.0728. The standard InChI is InChI=1S/C6H12N2O3.Na/c7-3-1-5(9)8-4-2-6(10)11;/h1-4,7H2,(H,8,9)(H,10,11);/q;+1/p-1. The van der Waals surface area contributed by atoms with Gasteiger partial charge in [0.1, 0.15) is 0 Å². The van der Waals surface area contributed by atoms with Crippen LogP contribution in [-0.2, 0) is 9.59 Å². The van der Waals surface area contributed by atoms with Crippen molar-refractivity contribution in [2.45, 2.75) is 12.8 Å². The van der Waals surface area contributed by atoms with Crippen LogP contribution in [0.2, 0.25) is 0 Å². The molecule has 1 amide bonds. The maximum Gasteiger partial charge on any atom is 1.00 e. The first kappa shape index (κ1) is 14.4. The zero-order valence-corrected chi connectivity index (χ0v) is 9.13. The molecule has 0 atom stereocenters. The SMILES string of the molecule is NCCC(=O)NCCC(=O)[O-].[Na+]. The molecule has 0 saturated carbocycles. The third-order valence-corrected chi connectivity index (χ3v) is 1.02. The summed E-state index contributed by atoms with van der Waals surface area (Å²) in [5.41, 5.74) is 5.07. The molecule has 0 saturated heterocycles. The van der Waals surface area contributed by atoms with E-state index in [2.05, 4.69) is 5.32 Å². The summed E-state index contributed by atoms with van der Waals surface area (Å²) < 4.78 is 0. The molecule has 0 aromatic rings. The van der Waals surface area contributed by atoms with Crippen molar-refractivity contribution in [3.63, 3.8) is 0 Å². The van der Waals surface area contributed by atoms with Gasteiger partial charge in [-0.25, -0.2) is 0 Å². The Morgan fingerprint density at radius 3 is 2.33 bits per heavy atom. The number of rotatable bonds is 5. The minimum absolute atomic E-state index is 0. The number of hydrogen-bond donors (Lipinski definition) is 2. The van der Waals surface area contributed by atoms with Crippen LogP contribution in [0.25, 0.3) is 0 Å². The maximum absolute atomic E-state index is 10.6. The predicted octanol–water partition coefficient (Wildman–Crippen LogP) is -5.40. The van der Waals surface area contributed by atoms with Crippen molar-refractivity contribution in [3.8, 4) is 0 Å². The second kappa shape index (κ2) is 8.99. The number of aliphatic carboxylic acids is 1. The molecule has 0 heterocycles. The van der Waals surface area contributed by atoms with Gasteiger partial charge < -0.3 is 21.0 Å². The fourth-order valence-corrected chi connectivity index (χ4v) is 0.523. The van der Waals surface area contributed by atoms with Gasteiger partial charge in [-0.15, -0.1) is 0 Å². The van der Waals surface area contributed by atoms with Crippen LogP contribution in [-0.4, -0.2) is 25.0 Å². The molecule has 0 aromatic heterocycles. The van der Waals surface area contributed by atoms with Gasteiger partial charge in [0.25, 0.3) is 0 Å². The largest absolute Gasteiger partial charge is 1.00 e. The maximum atomic E-state index is 10.6. The van der Waals surface area contributed by atoms with Gasteiger partial charge in [-0.05, 0) is 0 Å². The average molecular weight is 182 g/mol. The van der Waals surface area contributed by atoms with Crippen molar-refractivity contribution < 1.29 is 44.3 Å². The Morgan fingerprint density at radius 2 is 1.92 bits per heavy atom. The van der Waals surface area contributed by atoms with E-state index in [-0.39, 0.29) is 61.4 Å². The second-order valence-corrected chi connectivity index (χ2v) is 2.01. The van der Waals surface area contributed by atoms with E-state index in [0.29, 0.717) is 0 Å². The Bertz CT molecular complexity index is 152. The quantitative estimate of drug-likeness (QED) is 0.415. The number of nitrogens with two attached hydrogens (primary N) is 1. The van der Waals surface area contributed by atoms with Gasteiger partial charge in [0.05, 0.1) is 0 Å². The molecule has 0 spiro atoms. The van der Waals surface area contributed by atoms with Gasteiger partial charge in [-0.2, -0.15) is 0 Å². The molecular weight excluding hydrogens is 171 g/mol. The molecule has 5 nitrogen and oxygen atoms in total. The van der Waals surface area contributed by atoms with Crippen LogP contribution in [0.15, 0.2) is 0 Å². The zero-order valence-electron chi connectivity index (χ0n) is 7.13. The molecule has 0 aliphatic heterocycles. The molecule has 64 valence electrons. The number of carbonyl (C=O) groups excluding carboxylic acids is 2. The van der Waals surface area contributed by atoms with E-state index in [0.717, 1.165) is 0 Å². The summed E-state index contributed by atoms with van der Waals surface area (Å²) in [6, 6.07) is 0. The summed E-state index contributed by atoms with van der Waals surface area (Å²) in [5, 5.41) is 12.2. The van der Waals surface area contributed by atoms with Gasteiger partial charge >= 0.3 is 29.6 Å². The number of hydrogen-bond acceptors (Lipinski definition) is 4. The minimum Gasteiger partial charge on any atom is -0.550 e. The Morgan fingerprint density at radius 1 is 1.33 bits per heavy atom. The zero-order chi connectivity index (χ0) is 8.69. The van der Waals surface area contributed by atoms with Gasteiger partial charge in [-0.1, -0.05) is 0 Å². The molecular formula is C6H11N2NaO3. The van der Waals surface area contributed by atoms with E-state index >= 15 is 0 Å². The third kappa shape index (κ3) is 9.90. The third-order valence-electron chi connectivity index (χ3n) is 1.02. The number of carbonyl (C=O) groups is 2. The van der Waals surface area contributed by atoms with Crippen LogP contribution < -0.4 is 45.7 Å². The Kier molecular flexibility index (Phi) is 10.8. The average Bonchev–Trinajstić information content (AvgIpc) is 1.87. The van der Waals surface area contributed by atoms with Gasteiger partial charge in [0, 0.05) is 31.9 Å². The fraction of sp³-hybridized carbons (Fsp3) is 0.667. The van der Waals surface area contributed by atoms with Crippen molar-refractivity contribution in [1.82, 2.24) is 5.32 Å². The monoisotopic (exact) mass is 182 g/mol. The predicted molar refractivity (Wildman–Crippen MR) is 36.3 cm³/mol. The molecule has 0 aromatic carbocycles. The van der Waals surface area contributed by atoms with Crippen molar-refractivity contribution in [1.29, 1.82) is 0 Å². The minimum atomic E-state index is -1.17. The Labute approximate surface area is 93.0 Å². The van der Waals surface area contributed by atoms with E-state index in [9.17, 15) is 14.7 Å². The molecule has 0 fully saturated rings. The Hall–Kier alpha value is -0.100. The van der Waals surface area contributed by atoms with E-state index < -0.39 is 5.97 Å². The van der Waals surface area contributed by atoms with E-state index in [1.54, 1.807) is 0 Å². The topological polar surface area (TPSA) is 95.2 Å². The first-order valence-corrected chi connectivity index (χ1v) is 3.33. The van der Waals surface area contributed by atoms with Crippen molar-refractivity contribution in [3.05, 3.63) is 0 Å². The van der Waals surface area contributed by atoms with Crippen LogP contribution in [0.5, 0.6) is 0 Å². The first-order valence-electron chi connectivity index (χ1n) is 3.33. The van der Waals surface area contributed by atoms with Gasteiger partial charge in [0.2, 0.25) is 5.91 Å². The van der Waals surface area contributed by atoms with Crippen molar-refractivity contribution in [2.24, 2.45) is 5.73 Å². The summed E-state index contributed by atoms with van der Waals surface area (Å²) in [4.78, 5) is 20.5. The summed E-state index contributed by atoms with van der Waals surface area (Å²) >= 11 is 0. The molecule has 12 heavy (non-hydrogen) atoms. The Balaban J connectivity index is 0. The normalized spacial score (nSPS) is 8.42. The van der Waals surface area contributed by atoms with Crippen molar-refractivity contribution >= 4 is 11.9 Å². The number of carboxylic acid groups (broad SMARTS) is 1. The van der Waals surface area contributed by atoms with Crippen LogP contribution in [0, 0.1) is 0 Å². The van der Waals surface area contributed by atoms with Crippen LogP contribution in [0.4, 0.5) is 0 Å². The molecule has 0 radical (unpaired) electrons. The molecule has 0 bridgehead atoms. The molecule has 6 heteroatoms. The van der Waals surface area contributed by atoms with Gasteiger partial charge in [0.15, 0.2) is 0 Å². The molecule has 0 rings (SSSR count). The molecule has 0 aliphatic carbocycles. The van der Waals surface area contributed by atoms with Crippen molar-refractivity contribution in [2.75, 3.05) is 13.1 Å². The summed E-state index contributed by atoms with van der Waals surface area (Å²) in [7, 11) is 0. The summed E-state index contributed by atoms with van der Waals surface area (Å²) in [6.45, 7) is 0.387. The molecule has 0 aliphatic rings. The molecule has 3 N–H and O–H groups in total. The van der Waals surface area contributed by atoms with Crippen LogP contribution in [0.3, 0.4) is 0 Å². The number of carboxylic acids is 1.